The van der Waals surface area contributed by atoms with Gasteiger partial charge >= 0.3 is 0 Å². The van der Waals surface area contributed by atoms with Crippen LogP contribution in [0.1, 0.15) is 46.1 Å². The van der Waals surface area contributed by atoms with Crippen LogP contribution in [0.5, 0.6) is 5.88 Å². The maximum absolute atomic E-state index is 12.4. The predicted octanol–water partition coefficient (Wildman–Crippen LogP) is 3.13. The predicted molar refractivity (Wildman–Crippen MR) is 98.3 cm³/mol. The molecular formula is C19H33N3O2. The van der Waals surface area contributed by atoms with E-state index >= 15 is 0 Å². The van der Waals surface area contributed by atoms with E-state index < -0.39 is 0 Å². The van der Waals surface area contributed by atoms with E-state index in [0.29, 0.717) is 5.88 Å². The number of aromatic nitrogens is 1. The molecule has 0 bridgehead atoms. The molecule has 0 aromatic carbocycles. The molecule has 2 unspecified atom stereocenters. The summed E-state index contributed by atoms with van der Waals surface area (Å²) in [5.41, 5.74) is 1.09. The number of likely N-dealkylation sites (N-methyl/N-ethyl adjacent to an activating group) is 1. The first-order chi connectivity index (χ1) is 11.6. The van der Waals surface area contributed by atoms with Gasteiger partial charge in [-0.25, -0.2) is 4.98 Å². The summed E-state index contributed by atoms with van der Waals surface area (Å²) in [7, 11) is 2.11. The van der Waals surface area contributed by atoms with Crippen LogP contribution >= 0.6 is 0 Å². The number of carbonyl (C=O) groups is 1. The zero-order chi connectivity index (χ0) is 18.1. The van der Waals surface area contributed by atoms with E-state index in [1.165, 1.54) is 0 Å². The highest BCUT2D eigenvalue weighted by Crippen LogP contribution is 2.25. The Balaban J connectivity index is 0.000000671. The Labute approximate surface area is 147 Å². The Morgan fingerprint density at radius 2 is 1.88 bits per heavy atom. The van der Waals surface area contributed by atoms with Gasteiger partial charge in [0.15, 0.2) is 6.10 Å². The molecule has 2 fully saturated rings. The molecule has 2 aliphatic rings. The lowest BCUT2D eigenvalue weighted by Crippen LogP contribution is -2.38. The molecule has 136 valence electrons. The third kappa shape index (κ3) is 5.20. The minimum absolute atomic E-state index is 0.118. The minimum Gasteiger partial charge on any atom is -0.464 e. The number of fused-ring (bicyclic) bond motifs is 1. The standard InChI is InChI=1S/C15H21N3O2.2C2H6/c1-11-4-5-14(16-9-11)20-13-8-12-10-17(2)6-3-7-18(12)15(13)19;2*1-2/h4-5,9,12-13H,3,6-8,10H2,1-2H3;2*1-2H3. The third-order valence-corrected chi connectivity index (χ3v) is 4.09. The van der Waals surface area contributed by atoms with Crippen LogP contribution in [0.2, 0.25) is 0 Å². The number of ether oxygens (including phenoxy) is 1. The van der Waals surface area contributed by atoms with Crippen LogP contribution in [0.3, 0.4) is 0 Å². The summed E-state index contributed by atoms with van der Waals surface area (Å²) in [6, 6.07) is 4.07. The van der Waals surface area contributed by atoms with E-state index in [9.17, 15) is 4.79 Å². The Kier molecular flexibility index (Phi) is 8.76. The van der Waals surface area contributed by atoms with Gasteiger partial charge in [-0.05, 0) is 32.5 Å². The highest BCUT2D eigenvalue weighted by atomic mass is 16.5. The first-order valence-corrected chi connectivity index (χ1v) is 9.22. The van der Waals surface area contributed by atoms with Gasteiger partial charge in [0, 0.05) is 37.8 Å². The molecule has 0 radical (unpaired) electrons. The molecule has 24 heavy (non-hydrogen) atoms. The van der Waals surface area contributed by atoms with Crippen LogP contribution in [-0.2, 0) is 4.79 Å². The molecule has 3 rings (SSSR count). The third-order valence-electron chi connectivity index (χ3n) is 4.09. The lowest BCUT2D eigenvalue weighted by atomic mass is 10.2. The molecule has 0 spiro atoms. The number of rotatable bonds is 2. The Hall–Kier alpha value is -1.62. The fourth-order valence-electron chi connectivity index (χ4n) is 3.04. The Morgan fingerprint density at radius 1 is 1.17 bits per heavy atom. The maximum atomic E-state index is 12.4. The highest BCUT2D eigenvalue weighted by Gasteiger charge is 2.42. The van der Waals surface area contributed by atoms with Gasteiger partial charge in [-0.1, -0.05) is 33.8 Å². The molecule has 0 N–H and O–H groups in total. The molecule has 5 nitrogen and oxygen atoms in total. The first-order valence-electron chi connectivity index (χ1n) is 9.22. The molecule has 1 aromatic rings. The molecule has 2 aliphatic heterocycles. The molecule has 5 heteroatoms. The van der Waals surface area contributed by atoms with E-state index in [1.807, 2.05) is 51.7 Å². The number of amides is 1. The fourth-order valence-corrected chi connectivity index (χ4v) is 3.04. The van der Waals surface area contributed by atoms with Crippen LogP contribution in [-0.4, -0.2) is 59.5 Å². The summed E-state index contributed by atoms with van der Waals surface area (Å²) in [5.74, 6) is 0.660. The van der Waals surface area contributed by atoms with Gasteiger partial charge in [0.1, 0.15) is 0 Å². The highest BCUT2D eigenvalue weighted by molar-refractivity contribution is 5.84. The molecule has 1 amide bonds. The second kappa shape index (κ2) is 10.3. The number of hydrogen-bond donors (Lipinski definition) is 0. The molecule has 1 aromatic heterocycles. The van der Waals surface area contributed by atoms with Crippen molar-refractivity contribution in [2.75, 3.05) is 26.7 Å². The van der Waals surface area contributed by atoms with Crippen LogP contribution in [0.4, 0.5) is 0 Å². The average Bonchev–Trinajstić information content (AvgIpc) is 2.77. The van der Waals surface area contributed by atoms with Gasteiger partial charge in [0.25, 0.3) is 5.91 Å². The van der Waals surface area contributed by atoms with Crippen molar-refractivity contribution in [3.63, 3.8) is 0 Å². The van der Waals surface area contributed by atoms with Gasteiger partial charge < -0.3 is 14.5 Å². The van der Waals surface area contributed by atoms with Crippen LogP contribution in [0, 0.1) is 6.92 Å². The van der Waals surface area contributed by atoms with E-state index in [0.717, 1.165) is 38.0 Å². The van der Waals surface area contributed by atoms with Gasteiger partial charge in [-0.15, -0.1) is 0 Å². The Bertz CT molecular complexity index is 490. The van der Waals surface area contributed by atoms with Crippen molar-refractivity contribution < 1.29 is 9.53 Å². The smallest absolute Gasteiger partial charge is 0.264 e. The lowest BCUT2D eigenvalue weighted by Gasteiger charge is -2.22. The zero-order valence-electron chi connectivity index (χ0n) is 16.1. The normalized spacial score (nSPS) is 23.2. The van der Waals surface area contributed by atoms with Gasteiger partial charge in [-0.3, -0.25) is 4.79 Å². The topological polar surface area (TPSA) is 45.7 Å². The number of aryl methyl sites for hydroxylation is 1. The van der Waals surface area contributed by atoms with Crippen molar-refractivity contribution >= 4 is 5.91 Å². The summed E-state index contributed by atoms with van der Waals surface area (Å²) in [4.78, 5) is 20.9. The molecule has 0 aliphatic carbocycles. The lowest BCUT2D eigenvalue weighted by molar-refractivity contribution is -0.134. The van der Waals surface area contributed by atoms with Crippen molar-refractivity contribution in [3.05, 3.63) is 23.9 Å². The molecular weight excluding hydrogens is 302 g/mol. The van der Waals surface area contributed by atoms with Crippen molar-refractivity contribution in [3.8, 4) is 5.88 Å². The summed E-state index contributed by atoms with van der Waals surface area (Å²) in [6.07, 6.45) is 3.19. The van der Waals surface area contributed by atoms with Gasteiger partial charge in [0.05, 0.1) is 0 Å². The van der Waals surface area contributed by atoms with E-state index in [2.05, 4.69) is 16.9 Å². The number of pyridine rings is 1. The second-order valence-electron chi connectivity index (χ2n) is 5.82. The van der Waals surface area contributed by atoms with Crippen LogP contribution in [0.15, 0.2) is 18.3 Å². The molecule has 0 saturated carbocycles. The largest absolute Gasteiger partial charge is 0.464 e. The maximum Gasteiger partial charge on any atom is 0.264 e. The van der Waals surface area contributed by atoms with Crippen molar-refractivity contribution in [2.24, 2.45) is 0 Å². The first kappa shape index (κ1) is 20.4. The van der Waals surface area contributed by atoms with Gasteiger partial charge in [-0.2, -0.15) is 0 Å². The summed E-state index contributed by atoms with van der Waals surface area (Å²) in [6.45, 7) is 12.8. The summed E-state index contributed by atoms with van der Waals surface area (Å²) < 4.78 is 5.79. The minimum atomic E-state index is -0.373. The summed E-state index contributed by atoms with van der Waals surface area (Å²) >= 11 is 0. The van der Waals surface area contributed by atoms with E-state index in [1.54, 1.807) is 6.20 Å². The average molecular weight is 335 g/mol. The van der Waals surface area contributed by atoms with Crippen LogP contribution < -0.4 is 4.74 Å². The van der Waals surface area contributed by atoms with E-state index in [-0.39, 0.29) is 18.1 Å². The number of nitrogens with zero attached hydrogens (tertiary/aromatic N) is 3. The van der Waals surface area contributed by atoms with Crippen molar-refractivity contribution in [2.45, 2.75) is 59.6 Å². The van der Waals surface area contributed by atoms with Crippen LogP contribution in [0.25, 0.3) is 0 Å². The number of carbonyl (C=O) groups excluding carboxylic acids is 1. The number of hydrogen-bond acceptors (Lipinski definition) is 4. The second-order valence-corrected chi connectivity index (χ2v) is 5.82. The quantitative estimate of drug-likeness (QED) is 0.833. The molecule has 2 atom stereocenters. The fraction of sp³-hybridized carbons (Fsp3) is 0.684. The Morgan fingerprint density at radius 3 is 2.50 bits per heavy atom. The zero-order valence-corrected chi connectivity index (χ0v) is 16.1. The van der Waals surface area contributed by atoms with E-state index in [4.69, 9.17) is 4.74 Å². The van der Waals surface area contributed by atoms with Gasteiger partial charge in [0.2, 0.25) is 5.88 Å². The van der Waals surface area contributed by atoms with Crippen molar-refractivity contribution in [1.29, 1.82) is 0 Å². The van der Waals surface area contributed by atoms with Crippen molar-refractivity contribution in [1.82, 2.24) is 14.8 Å². The molecule has 2 saturated heterocycles. The molecule has 3 heterocycles. The SMILES string of the molecule is CC.CC.Cc1ccc(OC2CC3CN(C)CCCN3C2=O)nc1. The summed E-state index contributed by atoms with van der Waals surface area (Å²) in [5, 5.41) is 0. The monoisotopic (exact) mass is 335 g/mol.